The van der Waals surface area contributed by atoms with Crippen LogP contribution in [-0.2, 0) is 4.79 Å². The molecule has 2 aromatic rings. The Morgan fingerprint density at radius 2 is 2.07 bits per heavy atom. The molecule has 0 bridgehead atoms. The molecule has 0 saturated carbocycles. The molecule has 0 spiro atoms. The summed E-state index contributed by atoms with van der Waals surface area (Å²) >= 11 is 1.48. The largest absolute Gasteiger partial charge is 0.384 e. The van der Waals surface area contributed by atoms with E-state index in [4.69, 9.17) is 11.5 Å². The number of anilines is 1. The summed E-state index contributed by atoms with van der Waals surface area (Å²) < 4.78 is 3.29. The molecule has 1 atom stereocenters. The van der Waals surface area contributed by atoms with Crippen molar-refractivity contribution in [3.63, 3.8) is 0 Å². The zero-order valence-corrected chi connectivity index (χ0v) is 17.1. The van der Waals surface area contributed by atoms with Crippen molar-refractivity contribution < 1.29 is 4.79 Å². The van der Waals surface area contributed by atoms with Crippen LogP contribution in [0.1, 0.15) is 26.2 Å². The Hall–Kier alpha value is -2.09. The van der Waals surface area contributed by atoms with E-state index >= 15 is 0 Å². The van der Waals surface area contributed by atoms with Gasteiger partial charge in [-0.25, -0.2) is 9.71 Å². The van der Waals surface area contributed by atoms with Crippen LogP contribution in [0.25, 0.3) is 11.1 Å². The van der Waals surface area contributed by atoms with Gasteiger partial charge in [0.2, 0.25) is 5.91 Å². The number of carbonyl (C=O) groups is 1. The van der Waals surface area contributed by atoms with Crippen molar-refractivity contribution in [1.82, 2.24) is 14.6 Å². The van der Waals surface area contributed by atoms with E-state index in [0.29, 0.717) is 11.7 Å². The van der Waals surface area contributed by atoms with Crippen molar-refractivity contribution in [3.05, 3.63) is 42.6 Å². The minimum Gasteiger partial charge on any atom is -0.384 e. The maximum atomic E-state index is 12.7. The molecule has 1 aromatic carbocycles. The lowest BCUT2D eigenvalue weighted by Gasteiger charge is -2.33. The highest BCUT2D eigenvalue weighted by molar-refractivity contribution is 7.97. The lowest BCUT2D eigenvalue weighted by molar-refractivity contribution is -0.133. The number of nitrogen functional groups attached to an aromatic ring is 1. The number of hydrogen-bond donors (Lipinski definition) is 3. The number of nitrogens with one attached hydrogen (secondary N) is 1. The molecule has 28 heavy (non-hydrogen) atoms. The maximum absolute atomic E-state index is 12.7. The van der Waals surface area contributed by atoms with E-state index in [1.807, 2.05) is 36.1 Å². The molecule has 1 aliphatic rings. The molecule has 1 unspecified atom stereocenters. The van der Waals surface area contributed by atoms with Crippen molar-refractivity contribution in [2.75, 3.05) is 25.4 Å². The van der Waals surface area contributed by atoms with E-state index in [-0.39, 0.29) is 11.9 Å². The number of nitrogens with two attached hydrogens (primary N) is 2. The Balaban J connectivity index is 1.53. The van der Waals surface area contributed by atoms with Crippen molar-refractivity contribution in [1.29, 1.82) is 0 Å². The number of nitrogens with zero attached hydrogens (tertiary/aromatic N) is 2. The van der Waals surface area contributed by atoms with Gasteiger partial charge in [0.1, 0.15) is 5.82 Å². The van der Waals surface area contributed by atoms with Gasteiger partial charge in [-0.15, -0.1) is 0 Å². The Morgan fingerprint density at radius 1 is 1.29 bits per heavy atom. The molecule has 1 saturated heterocycles. The van der Waals surface area contributed by atoms with Crippen molar-refractivity contribution >= 4 is 23.7 Å². The number of likely N-dealkylation sites (tertiary alicyclic amines) is 1. The standard InChI is InChI=1S/C21H29N5OS/c1-15(21(27)26-11-8-16(7-10-22)9-12-26)25-28-19-4-2-3-17(13-19)18-5-6-20(23)24-14-18/h2-6,13-16,25H,7-12,22H2,1H3,(H2,23,24). The highest BCUT2D eigenvalue weighted by atomic mass is 32.2. The van der Waals surface area contributed by atoms with E-state index in [1.54, 1.807) is 12.3 Å². The molecule has 2 heterocycles. The molecule has 7 heteroatoms. The first-order valence-electron chi connectivity index (χ1n) is 9.80. The average Bonchev–Trinajstić information content (AvgIpc) is 2.73. The predicted molar refractivity (Wildman–Crippen MR) is 116 cm³/mol. The summed E-state index contributed by atoms with van der Waals surface area (Å²) in [6, 6.07) is 11.7. The van der Waals surface area contributed by atoms with Crippen molar-refractivity contribution in [2.24, 2.45) is 11.7 Å². The first-order valence-corrected chi connectivity index (χ1v) is 10.6. The van der Waals surface area contributed by atoms with Gasteiger partial charge in [0, 0.05) is 29.7 Å². The fourth-order valence-electron chi connectivity index (χ4n) is 3.47. The molecule has 1 aromatic heterocycles. The first kappa shape index (κ1) is 20.6. The Bertz CT molecular complexity index is 775. The number of aromatic nitrogens is 1. The number of amides is 1. The smallest absolute Gasteiger partial charge is 0.240 e. The lowest BCUT2D eigenvalue weighted by Crippen LogP contribution is -2.46. The molecule has 1 amide bonds. The van der Waals surface area contributed by atoms with Gasteiger partial charge in [0.15, 0.2) is 0 Å². The van der Waals surface area contributed by atoms with Crippen molar-refractivity contribution in [3.8, 4) is 11.1 Å². The molecule has 5 N–H and O–H groups in total. The van der Waals surface area contributed by atoms with Crippen LogP contribution in [0.2, 0.25) is 0 Å². The number of benzene rings is 1. The number of hydrogen-bond acceptors (Lipinski definition) is 6. The van der Waals surface area contributed by atoms with Gasteiger partial charge in [-0.05, 0) is 80.4 Å². The number of rotatable bonds is 7. The second kappa shape index (κ2) is 9.91. The Morgan fingerprint density at radius 3 is 2.75 bits per heavy atom. The molecule has 0 aliphatic carbocycles. The second-order valence-corrected chi connectivity index (χ2v) is 8.20. The molecule has 150 valence electrons. The molecule has 0 radical (unpaired) electrons. The molecule has 1 aliphatic heterocycles. The second-order valence-electron chi connectivity index (χ2n) is 7.29. The Labute approximate surface area is 171 Å². The topological polar surface area (TPSA) is 97.3 Å². The highest BCUT2D eigenvalue weighted by Gasteiger charge is 2.25. The van der Waals surface area contributed by atoms with Crippen LogP contribution < -0.4 is 16.2 Å². The molecule has 3 rings (SSSR count). The fourth-order valence-corrected chi connectivity index (χ4v) is 4.22. The number of carbonyl (C=O) groups excluding carboxylic acids is 1. The van der Waals surface area contributed by atoms with Crippen LogP contribution in [0.5, 0.6) is 0 Å². The SMILES string of the molecule is CC(NSc1cccc(-c2ccc(N)nc2)c1)C(=O)N1CCC(CCN)CC1. The van der Waals surface area contributed by atoms with E-state index in [1.165, 1.54) is 11.9 Å². The maximum Gasteiger partial charge on any atom is 0.240 e. The van der Waals surface area contributed by atoms with Gasteiger partial charge >= 0.3 is 0 Å². The van der Waals surface area contributed by atoms with Crippen molar-refractivity contribution in [2.45, 2.75) is 37.1 Å². The summed E-state index contributed by atoms with van der Waals surface area (Å²) in [5.74, 6) is 1.34. The van der Waals surface area contributed by atoms with Gasteiger partial charge < -0.3 is 16.4 Å². The van der Waals surface area contributed by atoms with Gasteiger partial charge in [-0.1, -0.05) is 12.1 Å². The summed E-state index contributed by atoms with van der Waals surface area (Å²) in [5.41, 5.74) is 13.4. The monoisotopic (exact) mass is 399 g/mol. The molecular formula is C21H29N5OS. The van der Waals surface area contributed by atoms with Crippen LogP contribution >= 0.6 is 11.9 Å². The van der Waals surface area contributed by atoms with E-state index in [2.05, 4.69) is 15.8 Å². The zero-order valence-electron chi connectivity index (χ0n) is 16.3. The Kier molecular flexibility index (Phi) is 7.30. The van der Waals surface area contributed by atoms with Crippen LogP contribution in [0.3, 0.4) is 0 Å². The zero-order chi connectivity index (χ0) is 19.9. The summed E-state index contributed by atoms with van der Waals surface area (Å²) in [6.45, 7) is 4.33. The highest BCUT2D eigenvalue weighted by Crippen LogP contribution is 2.25. The predicted octanol–water partition coefficient (Wildman–Crippen LogP) is 2.90. The van der Waals surface area contributed by atoms with E-state index < -0.39 is 0 Å². The van der Waals surface area contributed by atoms with Gasteiger partial charge in [-0.2, -0.15) is 0 Å². The van der Waals surface area contributed by atoms with Crippen LogP contribution in [0.4, 0.5) is 5.82 Å². The fraction of sp³-hybridized carbons (Fsp3) is 0.429. The van der Waals surface area contributed by atoms with Gasteiger partial charge in [0.05, 0.1) is 6.04 Å². The number of pyridine rings is 1. The third kappa shape index (κ3) is 5.47. The quantitative estimate of drug-likeness (QED) is 0.620. The first-order chi connectivity index (χ1) is 13.6. The molecular weight excluding hydrogens is 370 g/mol. The van der Waals surface area contributed by atoms with Crippen LogP contribution in [0.15, 0.2) is 47.5 Å². The lowest BCUT2D eigenvalue weighted by atomic mass is 9.93. The minimum absolute atomic E-state index is 0.164. The summed E-state index contributed by atoms with van der Waals surface area (Å²) in [6.07, 6.45) is 4.94. The minimum atomic E-state index is -0.238. The summed E-state index contributed by atoms with van der Waals surface area (Å²) in [4.78, 5) is 19.9. The summed E-state index contributed by atoms with van der Waals surface area (Å²) in [5, 5.41) is 0. The van der Waals surface area contributed by atoms with Crippen LogP contribution in [0, 0.1) is 5.92 Å². The number of piperidine rings is 1. The van der Waals surface area contributed by atoms with E-state index in [9.17, 15) is 4.79 Å². The normalized spacial score (nSPS) is 16.1. The molecule has 1 fully saturated rings. The van der Waals surface area contributed by atoms with Gasteiger partial charge in [-0.3, -0.25) is 4.79 Å². The summed E-state index contributed by atoms with van der Waals surface area (Å²) in [7, 11) is 0. The van der Waals surface area contributed by atoms with Gasteiger partial charge in [0.25, 0.3) is 0 Å². The molecule has 6 nitrogen and oxygen atoms in total. The average molecular weight is 400 g/mol. The van der Waals surface area contributed by atoms with Crippen LogP contribution in [-0.4, -0.2) is 41.5 Å². The third-order valence-electron chi connectivity index (χ3n) is 5.18. The van der Waals surface area contributed by atoms with E-state index in [0.717, 1.165) is 54.9 Å². The third-order valence-corrected chi connectivity index (χ3v) is 6.14.